The molecule has 18 heteroatoms. The van der Waals surface area contributed by atoms with Gasteiger partial charge in [0.05, 0.1) is 50.4 Å². The van der Waals surface area contributed by atoms with E-state index in [0.717, 1.165) is 49.6 Å². The second-order valence-corrected chi connectivity index (χ2v) is 21.4. The van der Waals surface area contributed by atoms with Crippen LogP contribution in [0.5, 0.6) is 0 Å². The number of methoxy groups -OCH3 is 1. The van der Waals surface area contributed by atoms with Gasteiger partial charge in [-0.25, -0.2) is 4.79 Å². The van der Waals surface area contributed by atoms with Crippen molar-refractivity contribution in [2.24, 2.45) is 11.3 Å². The molecule has 4 aliphatic heterocycles. The number of aliphatic hydroxyl groups is 2. The number of hydrogen-bond acceptors (Lipinski definition) is 13. The third-order valence-corrected chi connectivity index (χ3v) is 14.9. The van der Waals surface area contributed by atoms with Gasteiger partial charge in [0.1, 0.15) is 12.1 Å². The lowest BCUT2D eigenvalue weighted by Crippen LogP contribution is -2.67. The highest BCUT2D eigenvalue weighted by Crippen LogP contribution is 2.42. The van der Waals surface area contributed by atoms with E-state index in [-0.39, 0.29) is 58.0 Å². The number of likely N-dealkylation sites (N-methyl/N-ethyl adjacent to an activating group) is 1. The monoisotopic (exact) mass is 1020 g/mol. The van der Waals surface area contributed by atoms with Gasteiger partial charge in [-0.1, -0.05) is 63.9 Å². The summed E-state index contributed by atoms with van der Waals surface area (Å²) in [5.41, 5.74) is 5.11. The second kappa shape index (κ2) is 22.3. The Morgan fingerprint density at radius 3 is 2.49 bits per heavy atom. The molecule has 0 unspecified atom stereocenters. The van der Waals surface area contributed by atoms with Gasteiger partial charge in [-0.2, -0.15) is 5.43 Å². The first kappa shape index (κ1) is 54.1. The van der Waals surface area contributed by atoms with Crippen LogP contribution < -0.4 is 10.7 Å². The molecule has 0 spiro atoms. The summed E-state index contributed by atoms with van der Waals surface area (Å²) in [6.45, 7) is 15.1. The molecule has 0 radical (unpaired) electrons. The Morgan fingerprint density at radius 2 is 1.76 bits per heavy atom. The highest BCUT2D eigenvalue weighted by Gasteiger charge is 2.49. The van der Waals surface area contributed by atoms with Gasteiger partial charge in [-0.3, -0.25) is 34.1 Å². The molecule has 74 heavy (non-hydrogen) atoms. The van der Waals surface area contributed by atoms with E-state index < -0.39 is 64.3 Å². The number of aromatic nitrogens is 2. The topological polar surface area (TPSA) is 208 Å². The largest absolute Gasteiger partial charge is 0.462 e. The second-order valence-electron chi connectivity index (χ2n) is 21.4. The van der Waals surface area contributed by atoms with Gasteiger partial charge in [-0.15, -0.1) is 0 Å². The van der Waals surface area contributed by atoms with Gasteiger partial charge in [0.25, 0.3) is 17.7 Å². The number of aryl methyl sites for hydroxylation is 1. The van der Waals surface area contributed by atoms with E-state index >= 15 is 0 Å². The summed E-state index contributed by atoms with van der Waals surface area (Å²) in [4.78, 5) is 80.4. The maximum atomic E-state index is 14.9. The molecule has 3 fully saturated rings. The fraction of sp³-hybridized carbons (Fsp3) is 0.536. The smallest absolute Gasteiger partial charge is 0.355 e. The highest BCUT2D eigenvalue weighted by molar-refractivity contribution is 5.98. The number of benzene rings is 2. The number of cyclic esters (lactones) is 1. The van der Waals surface area contributed by atoms with E-state index in [9.17, 15) is 34.2 Å². The number of pyridine rings is 1. The summed E-state index contributed by atoms with van der Waals surface area (Å²) >= 11 is 0. The number of carbonyl (C=O) groups excluding carboxylic acids is 5. The normalized spacial score (nSPS) is 23.4. The molecule has 5 atom stereocenters. The predicted molar refractivity (Wildman–Crippen MR) is 277 cm³/mol. The van der Waals surface area contributed by atoms with Crippen molar-refractivity contribution in [1.29, 1.82) is 0 Å². The lowest BCUT2D eigenvalue weighted by molar-refractivity contribution is -0.189. The molecule has 0 saturated carbocycles. The van der Waals surface area contributed by atoms with Crippen molar-refractivity contribution in [3.63, 3.8) is 0 Å². The Bertz CT molecular complexity index is 2830. The van der Waals surface area contributed by atoms with E-state index in [1.165, 1.54) is 16.8 Å². The van der Waals surface area contributed by atoms with Gasteiger partial charge >= 0.3 is 5.97 Å². The molecule has 4 aromatic rings. The van der Waals surface area contributed by atoms with Crippen LogP contribution in [0.4, 0.5) is 0 Å². The summed E-state index contributed by atoms with van der Waals surface area (Å²) in [7, 11) is 3.09. The Labute approximate surface area is 433 Å². The summed E-state index contributed by atoms with van der Waals surface area (Å²) in [5.74, 6) is 1.58. The van der Waals surface area contributed by atoms with Crippen LogP contribution in [0.2, 0.25) is 0 Å². The molecule has 396 valence electrons. The number of rotatable bonds is 10. The average Bonchev–Trinajstić information content (AvgIpc) is 3.94. The molecule has 3 saturated heterocycles. The molecule has 0 aliphatic carbocycles. The fourth-order valence-electron chi connectivity index (χ4n) is 10.9. The van der Waals surface area contributed by atoms with Crippen LogP contribution in [0.25, 0.3) is 33.3 Å². The van der Waals surface area contributed by atoms with Gasteiger partial charge in [0, 0.05) is 94.2 Å². The summed E-state index contributed by atoms with van der Waals surface area (Å²) in [6, 6.07) is 15.7. The SMILES string of the molecule is CCn1c(-c2cccnc2[C@H](C)OC)c2c3cc(ccc31)-c1cccc(c1)C[C@H](NC(=O)[C@H](C(C)C)N(C)C(=O)[C@@]1(O)CCN(C(=O)C#CCN3CCOCC3)C1)C(=O)N1CCC[C@@](O)(N1)C(=O)OCC(C)(C)C2. The Kier molecular flexibility index (Phi) is 16.3. The van der Waals surface area contributed by atoms with E-state index in [4.69, 9.17) is 19.2 Å². The van der Waals surface area contributed by atoms with Crippen LogP contribution >= 0.6 is 0 Å². The first-order chi connectivity index (χ1) is 35.3. The van der Waals surface area contributed by atoms with Crippen molar-refractivity contribution in [1.82, 2.24) is 40.0 Å². The number of morpholine rings is 1. The molecule has 6 heterocycles. The molecule has 2 aromatic heterocycles. The standard InChI is InChI=1S/C56H72N8O10/c1-9-63-45-19-18-40-32-42(45)43(49(63)41-16-11-22-57-47(41)37(4)72-8)33-54(5,6)35-74-53(69)56(71)20-13-24-64(59-56)51(67)44(31-38-14-10-15-39(40)30-38)58-50(66)48(36(2)3)60(7)52(68)55(70)21-25-62(34-55)46(65)17-12-23-61-26-28-73-29-27-61/h10-11,14-16,18-19,22,30,32,36-37,44,48,59,70-71H,9,13,20-21,23-29,31,33-35H2,1-8H3,(H,58,66)/t37-,44-,48-,55+,56-/m0/s1. The maximum absolute atomic E-state index is 14.9. The Balaban J connectivity index is 1.12. The van der Waals surface area contributed by atoms with E-state index in [1.54, 1.807) is 27.2 Å². The molecular weight excluding hydrogens is 945 g/mol. The minimum absolute atomic E-state index is 0.00492. The van der Waals surface area contributed by atoms with Crippen molar-refractivity contribution in [3.8, 4) is 34.2 Å². The number of hydrazine groups is 1. The van der Waals surface area contributed by atoms with Gasteiger partial charge in [-0.05, 0) is 85.0 Å². The number of ether oxygens (including phenoxy) is 3. The van der Waals surface area contributed by atoms with Crippen molar-refractivity contribution < 1.29 is 48.4 Å². The molecule has 18 nitrogen and oxygen atoms in total. The lowest BCUT2D eigenvalue weighted by atomic mass is 9.84. The number of carbonyl (C=O) groups is 5. The minimum atomic E-state index is -2.27. The number of fused-ring (bicyclic) bond motifs is 6. The number of hydrogen-bond donors (Lipinski definition) is 4. The maximum Gasteiger partial charge on any atom is 0.355 e. The number of β-amino-alcohol motifs (C(OH)–C–C–N with tert-alkyl or cyclic N) is 1. The Hall–Kier alpha value is -6.20. The van der Waals surface area contributed by atoms with Crippen LogP contribution in [0, 0.1) is 23.2 Å². The van der Waals surface area contributed by atoms with Crippen LogP contribution in [-0.2, 0) is 57.6 Å². The van der Waals surface area contributed by atoms with E-state index in [2.05, 4.69) is 63.2 Å². The molecule has 4 amide bonds. The summed E-state index contributed by atoms with van der Waals surface area (Å²) < 4.78 is 19.5. The van der Waals surface area contributed by atoms with Gasteiger partial charge < -0.3 is 44.1 Å². The van der Waals surface area contributed by atoms with Crippen molar-refractivity contribution in [3.05, 3.63) is 77.6 Å². The first-order valence-electron chi connectivity index (χ1n) is 25.9. The third kappa shape index (κ3) is 11.4. The third-order valence-electron chi connectivity index (χ3n) is 14.9. The minimum Gasteiger partial charge on any atom is -0.462 e. The van der Waals surface area contributed by atoms with Gasteiger partial charge in [0.15, 0.2) is 5.60 Å². The zero-order chi connectivity index (χ0) is 53.1. The lowest BCUT2D eigenvalue weighted by Gasteiger charge is -2.40. The van der Waals surface area contributed by atoms with Crippen LogP contribution in [0.3, 0.4) is 0 Å². The summed E-state index contributed by atoms with van der Waals surface area (Å²) in [6.07, 6.45) is 2.08. The predicted octanol–water partition coefficient (Wildman–Crippen LogP) is 3.85. The quantitative estimate of drug-likeness (QED) is 0.132. The average molecular weight is 1020 g/mol. The van der Waals surface area contributed by atoms with Crippen molar-refractivity contribution in [2.45, 2.75) is 110 Å². The number of likely N-dealkylation sites (tertiary alicyclic amines) is 1. The Morgan fingerprint density at radius 1 is 1.00 bits per heavy atom. The molecular formula is C56H72N8O10. The molecule has 2 aromatic carbocycles. The molecule has 6 bridgehead atoms. The van der Waals surface area contributed by atoms with Crippen molar-refractivity contribution in [2.75, 3.05) is 73.2 Å². The number of amides is 4. The first-order valence-corrected chi connectivity index (χ1v) is 25.9. The van der Waals surface area contributed by atoms with E-state index in [0.29, 0.717) is 51.4 Å². The molecule has 4 aliphatic rings. The van der Waals surface area contributed by atoms with Gasteiger partial charge in [0.2, 0.25) is 11.6 Å². The highest BCUT2D eigenvalue weighted by atomic mass is 16.6. The number of nitrogens with zero attached hydrogens (tertiary/aromatic N) is 6. The molecule has 4 N–H and O–H groups in total. The number of esters is 1. The fourth-order valence-corrected chi connectivity index (χ4v) is 10.9. The van der Waals surface area contributed by atoms with Crippen LogP contribution in [0.15, 0.2) is 60.8 Å². The molecule has 8 rings (SSSR count). The zero-order valence-corrected chi connectivity index (χ0v) is 44.0. The number of nitrogens with one attached hydrogen (secondary N) is 2. The van der Waals surface area contributed by atoms with E-state index in [1.807, 2.05) is 51.1 Å². The van der Waals surface area contributed by atoms with Crippen molar-refractivity contribution >= 4 is 40.5 Å². The van der Waals surface area contributed by atoms with Crippen LogP contribution in [0.1, 0.15) is 83.7 Å². The zero-order valence-electron chi connectivity index (χ0n) is 44.0. The van der Waals surface area contributed by atoms with Crippen LogP contribution in [-0.4, -0.2) is 166 Å². The summed E-state index contributed by atoms with van der Waals surface area (Å²) in [5, 5.41) is 28.8.